The van der Waals surface area contributed by atoms with Crippen LogP contribution in [0.5, 0.6) is 0 Å². The third-order valence-corrected chi connectivity index (χ3v) is 3.30. The van der Waals surface area contributed by atoms with Gasteiger partial charge in [-0.25, -0.2) is 0 Å². The van der Waals surface area contributed by atoms with E-state index in [0.717, 1.165) is 19.1 Å². The second-order valence-electron chi connectivity index (χ2n) is 5.82. The third kappa shape index (κ3) is 5.82. The average molecular weight is 278 g/mol. The first-order valence-corrected chi connectivity index (χ1v) is 7.99. The highest BCUT2D eigenvalue weighted by Crippen LogP contribution is 2.29. The molecule has 0 aromatic heterocycles. The molecule has 0 saturated heterocycles. The fraction of sp³-hybridized carbons (Fsp3) is 0.917. The molecule has 1 rings (SSSR count). The molecule has 106 valence electrons. The topological polar surface area (TPSA) is 69.7 Å². The average Bonchev–Trinajstić information content (AvgIpc) is 2.12. The van der Waals surface area contributed by atoms with Crippen molar-refractivity contribution in [3.63, 3.8) is 0 Å². The van der Waals surface area contributed by atoms with Crippen molar-refractivity contribution in [2.75, 3.05) is 6.26 Å². The predicted octanol–water partition coefficient (Wildman–Crippen LogP) is 1.86. The number of hydrogen-bond acceptors (Lipinski definition) is 5. The Bertz CT molecular complexity index is 393. The largest absolute Gasteiger partial charge is 0.460 e. The first-order valence-electron chi connectivity index (χ1n) is 6.18. The minimum Gasteiger partial charge on any atom is -0.460 e. The Hall–Kier alpha value is -0.620. The van der Waals surface area contributed by atoms with Gasteiger partial charge >= 0.3 is 5.97 Å². The number of carbonyl (C=O) groups excluding carboxylic acids is 1. The van der Waals surface area contributed by atoms with Gasteiger partial charge in [-0.3, -0.25) is 8.98 Å². The summed E-state index contributed by atoms with van der Waals surface area (Å²) in [4.78, 5) is 11.9. The SMILES string of the molecule is CC(C)(C)OC(=O)C1CCCC(OS(C)(=O)=O)C1. The highest BCUT2D eigenvalue weighted by Gasteiger charge is 2.32. The normalized spacial score (nSPS) is 25.8. The zero-order valence-electron chi connectivity index (χ0n) is 11.4. The summed E-state index contributed by atoms with van der Waals surface area (Å²) in [5, 5.41) is 0. The molecule has 0 N–H and O–H groups in total. The van der Waals surface area contributed by atoms with Gasteiger partial charge in [-0.1, -0.05) is 0 Å². The molecular formula is C12H22O5S. The molecule has 0 spiro atoms. The number of carbonyl (C=O) groups is 1. The van der Waals surface area contributed by atoms with Crippen LogP contribution in [0, 0.1) is 5.92 Å². The van der Waals surface area contributed by atoms with Gasteiger partial charge in [-0.2, -0.15) is 8.42 Å². The Morgan fingerprint density at radius 2 is 1.83 bits per heavy atom. The van der Waals surface area contributed by atoms with Crippen LogP contribution in [0.3, 0.4) is 0 Å². The number of esters is 1. The lowest BCUT2D eigenvalue weighted by Crippen LogP contribution is -2.34. The fourth-order valence-corrected chi connectivity index (χ4v) is 2.75. The molecule has 0 aromatic rings. The van der Waals surface area contributed by atoms with Crippen molar-refractivity contribution in [1.82, 2.24) is 0 Å². The highest BCUT2D eigenvalue weighted by atomic mass is 32.2. The van der Waals surface area contributed by atoms with Crippen molar-refractivity contribution in [3.8, 4) is 0 Å². The maximum absolute atomic E-state index is 11.9. The Labute approximate surface area is 109 Å². The van der Waals surface area contributed by atoms with E-state index in [2.05, 4.69) is 0 Å². The zero-order chi connectivity index (χ0) is 14.0. The van der Waals surface area contributed by atoms with E-state index in [1.807, 2.05) is 20.8 Å². The third-order valence-electron chi connectivity index (χ3n) is 2.68. The van der Waals surface area contributed by atoms with E-state index in [-0.39, 0.29) is 11.9 Å². The maximum atomic E-state index is 11.9. The summed E-state index contributed by atoms with van der Waals surface area (Å²) in [5.74, 6) is -0.519. The molecule has 0 aliphatic heterocycles. The quantitative estimate of drug-likeness (QED) is 0.582. The predicted molar refractivity (Wildman–Crippen MR) is 67.5 cm³/mol. The Morgan fingerprint density at radius 1 is 1.22 bits per heavy atom. The Balaban J connectivity index is 2.56. The summed E-state index contributed by atoms with van der Waals surface area (Å²) in [6.45, 7) is 5.45. The van der Waals surface area contributed by atoms with Crippen LogP contribution in [0.15, 0.2) is 0 Å². The standard InChI is InChI=1S/C12H22O5S/c1-12(2,3)16-11(13)9-6-5-7-10(8-9)17-18(4,14)15/h9-10H,5-8H2,1-4H3. The van der Waals surface area contributed by atoms with Crippen LogP contribution in [-0.2, 0) is 23.8 Å². The molecule has 0 aromatic carbocycles. The molecule has 0 heterocycles. The molecular weight excluding hydrogens is 256 g/mol. The molecule has 0 bridgehead atoms. The van der Waals surface area contributed by atoms with Crippen LogP contribution in [0.1, 0.15) is 46.5 Å². The number of hydrogen-bond donors (Lipinski definition) is 0. The molecule has 0 amide bonds. The Kier molecular flexibility index (Phi) is 4.78. The monoisotopic (exact) mass is 278 g/mol. The molecule has 2 atom stereocenters. The molecule has 6 heteroatoms. The molecule has 0 radical (unpaired) electrons. The molecule has 2 unspecified atom stereocenters. The number of ether oxygens (including phenoxy) is 1. The van der Waals surface area contributed by atoms with E-state index < -0.39 is 21.8 Å². The van der Waals surface area contributed by atoms with Gasteiger partial charge in [0.25, 0.3) is 10.1 Å². The summed E-state index contributed by atoms with van der Waals surface area (Å²) in [6.07, 6.45) is 3.24. The van der Waals surface area contributed by atoms with E-state index >= 15 is 0 Å². The van der Waals surface area contributed by atoms with Crippen molar-refractivity contribution in [1.29, 1.82) is 0 Å². The van der Waals surface area contributed by atoms with E-state index in [9.17, 15) is 13.2 Å². The number of rotatable bonds is 3. The van der Waals surface area contributed by atoms with Crippen LogP contribution < -0.4 is 0 Å². The van der Waals surface area contributed by atoms with E-state index in [1.165, 1.54) is 0 Å². The smallest absolute Gasteiger partial charge is 0.309 e. The van der Waals surface area contributed by atoms with Gasteiger partial charge in [0.05, 0.1) is 18.3 Å². The van der Waals surface area contributed by atoms with E-state index in [1.54, 1.807) is 0 Å². The van der Waals surface area contributed by atoms with Gasteiger partial charge < -0.3 is 4.74 Å². The van der Waals surface area contributed by atoms with Crippen LogP contribution in [0.25, 0.3) is 0 Å². The van der Waals surface area contributed by atoms with Gasteiger partial charge in [0.15, 0.2) is 0 Å². The first-order chi connectivity index (χ1) is 8.07. The lowest BCUT2D eigenvalue weighted by atomic mass is 9.87. The summed E-state index contributed by atoms with van der Waals surface area (Å²) in [5.41, 5.74) is -0.512. The lowest BCUT2D eigenvalue weighted by Gasteiger charge is -2.29. The second-order valence-corrected chi connectivity index (χ2v) is 7.42. The first kappa shape index (κ1) is 15.4. The van der Waals surface area contributed by atoms with Gasteiger partial charge in [0.1, 0.15) is 5.60 Å². The van der Waals surface area contributed by atoms with Gasteiger partial charge in [-0.15, -0.1) is 0 Å². The minimum absolute atomic E-state index is 0.260. The van der Waals surface area contributed by atoms with Crippen LogP contribution in [0.4, 0.5) is 0 Å². The van der Waals surface area contributed by atoms with Gasteiger partial charge in [0.2, 0.25) is 0 Å². The summed E-state index contributed by atoms with van der Waals surface area (Å²) >= 11 is 0. The van der Waals surface area contributed by atoms with Crippen LogP contribution in [0.2, 0.25) is 0 Å². The second kappa shape index (κ2) is 5.57. The van der Waals surface area contributed by atoms with Gasteiger partial charge in [-0.05, 0) is 46.5 Å². The van der Waals surface area contributed by atoms with E-state index in [4.69, 9.17) is 8.92 Å². The molecule has 1 aliphatic rings. The van der Waals surface area contributed by atoms with Crippen molar-refractivity contribution < 1.29 is 22.1 Å². The molecule has 5 nitrogen and oxygen atoms in total. The molecule has 1 saturated carbocycles. The Morgan fingerprint density at radius 3 is 2.33 bits per heavy atom. The van der Waals surface area contributed by atoms with Crippen LogP contribution in [-0.4, -0.2) is 32.3 Å². The van der Waals surface area contributed by atoms with Crippen LogP contribution >= 0.6 is 0 Å². The summed E-state index contributed by atoms with van der Waals surface area (Å²) in [7, 11) is -3.46. The molecule has 1 fully saturated rings. The zero-order valence-corrected chi connectivity index (χ0v) is 12.2. The molecule has 1 aliphatic carbocycles. The fourth-order valence-electron chi connectivity index (χ4n) is 2.08. The van der Waals surface area contributed by atoms with Crippen molar-refractivity contribution in [2.24, 2.45) is 5.92 Å². The highest BCUT2D eigenvalue weighted by molar-refractivity contribution is 7.86. The molecule has 18 heavy (non-hydrogen) atoms. The van der Waals surface area contributed by atoms with Crippen molar-refractivity contribution >= 4 is 16.1 Å². The van der Waals surface area contributed by atoms with E-state index in [0.29, 0.717) is 12.8 Å². The van der Waals surface area contributed by atoms with Gasteiger partial charge in [0, 0.05) is 0 Å². The summed E-state index contributed by atoms with van der Waals surface area (Å²) in [6, 6.07) is 0. The maximum Gasteiger partial charge on any atom is 0.309 e. The van der Waals surface area contributed by atoms with Crippen molar-refractivity contribution in [3.05, 3.63) is 0 Å². The lowest BCUT2D eigenvalue weighted by molar-refractivity contribution is -0.162. The minimum atomic E-state index is -3.46. The summed E-state index contributed by atoms with van der Waals surface area (Å²) < 4.78 is 32.4. The van der Waals surface area contributed by atoms with Crippen molar-refractivity contribution in [2.45, 2.75) is 58.2 Å².